The maximum absolute atomic E-state index is 13.1. The fraction of sp³-hybridized carbons (Fsp3) is 0.308. The summed E-state index contributed by atoms with van der Waals surface area (Å²) >= 11 is 9.15. The largest absolute Gasteiger partial charge is 0.316 e. The third-order valence-electron chi connectivity index (χ3n) is 5.78. The number of pyridine rings is 1. The number of amides is 1. The van der Waals surface area contributed by atoms with E-state index in [2.05, 4.69) is 28.3 Å². The Kier molecular flexibility index (Phi) is 8.04. The molecular weight excluding hydrogens is 484 g/mol. The van der Waals surface area contributed by atoms with Gasteiger partial charge in [0.2, 0.25) is 5.91 Å². The van der Waals surface area contributed by atoms with E-state index in [1.165, 1.54) is 16.6 Å². The molecule has 0 radical (unpaired) electrons. The van der Waals surface area contributed by atoms with Gasteiger partial charge in [-0.25, -0.2) is 4.98 Å². The molecule has 0 spiro atoms. The summed E-state index contributed by atoms with van der Waals surface area (Å²) in [6.07, 6.45) is 7.00. The predicted octanol–water partition coefficient (Wildman–Crippen LogP) is 7.05. The Morgan fingerprint density at radius 3 is 2.91 bits per heavy atom. The highest BCUT2D eigenvalue weighted by Gasteiger charge is 2.26. The molecule has 174 valence electrons. The van der Waals surface area contributed by atoms with Gasteiger partial charge in [0.1, 0.15) is 16.2 Å². The smallest absolute Gasteiger partial charge is 0.238 e. The maximum Gasteiger partial charge on any atom is 0.238 e. The van der Waals surface area contributed by atoms with E-state index in [1.54, 1.807) is 23.7 Å². The van der Waals surface area contributed by atoms with E-state index in [9.17, 15) is 10.1 Å². The first-order chi connectivity index (χ1) is 16.5. The van der Waals surface area contributed by atoms with Crippen molar-refractivity contribution in [1.82, 2.24) is 4.98 Å². The monoisotopic (exact) mass is 508 g/mol. The van der Waals surface area contributed by atoms with Crippen LogP contribution >= 0.6 is 34.7 Å². The zero-order valence-corrected chi connectivity index (χ0v) is 21.4. The van der Waals surface area contributed by atoms with Gasteiger partial charge in [0.15, 0.2) is 0 Å². The number of hydrogen-bond donors (Lipinski definition) is 1. The van der Waals surface area contributed by atoms with E-state index in [-0.39, 0.29) is 11.2 Å². The fourth-order valence-electron chi connectivity index (χ4n) is 3.89. The van der Waals surface area contributed by atoms with Crippen LogP contribution in [0.5, 0.6) is 0 Å². The van der Waals surface area contributed by atoms with Gasteiger partial charge in [-0.3, -0.25) is 9.79 Å². The van der Waals surface area contributed by atoms with Crippen LogP contribution in [-0.2, 0) is 17.6 Å². The zero-order valence-electron chi connectivity index (χ0n) is 19.0. The van der Waals surface area contributed by atoms with Gasteiger partial charge >= 0.3 is 0 Å². The molecule has 3 aromatic rings. The molecule has 0 saturated heterocycles. The van der Waals surface area contributed by atoms with Crippen LogP contribution in [0.15, 0.2) is 52.5 Å². The van der Waals surface area contributed by atoms with Crippen molar-refractivity contribution in [3.8, 4) is 6.07 Å². The van der Waals surface area contributed by atoms with Gasteiger partial charge in [-0.2, -0.15) is 5.26 Å². The average Bonchev–Trinajstić information content (AvgIpc) is 3.18. The van der Waals surface area contributed by atoms with Gasteiger partial charge in [0.05, 0.1) is 16.5 Å². The Balaban J connectivity index is 1.42. The minimum atomic E-state index is -0.256. The third-order valence-corrected chi connectivity index (χ3v) is 8.64. The lowest BCUT2D eigenvalue weighted by atomic mass is 9.88. The summed E-state index contributed by atoms with van der Waals surface area (Å²) < 4.78 is 0. The van der Waals surface area contributed by atoms with Crippen molar-refractivity contribution in [1.29, 1.82) is 5.26 Å². The molecule has 0 unspecified atom stereocenters. The standard InChI is InChI=1S/C26H25ClN4OS2/c1-3-22(25(32)31-26-21(14-28)20-11-6-16(2)13-23(20)34-26)33-19-9-7-18(8-10-19)30-15-17-5-4-12-29-24(17)27/h4-5,7-10,12,15-16,22H,3,6,11,13H2,1-2H3,(H,31,32)/t16-,22-/m1/s1. The molecule has 1 aliphatic carbocycles. The Morgan fingerprint density at radius 1 is 1.41 bits per heavy atom. The van der Waals surface area contributed by atoms with Crippen LogP contribution in [0, 0.1) is 17.2 Å². The summed E-state index contributed by atoms with van der Waals surface area (Å²) in [5.74, 6) is 0.554. The molecular formula is C26H25ClN4OS2. The highest BCUT2D eigenvalue weighted by atomic mass is 35.5. The van der Waals surface area contributed by atoms with E-state index in [0.29, 0.717) is 28.1 Å². The van der Waals surface area contributed by atoms with Crippen molar-refractivity contribution in [3.63, 3.8) is 0 Å². The molecule has 2 heterocycles. The van der Waals surface area contributed by atoms with Gasteiger partial charge in [-0.05, 0) is 73.6 Å². The highest BCUT2D eigenvalue weighted by molar-refractivity contribution is 8.00. The van der Waals surface area contributed by atoms with Crippen molar-refractivity contribution in [2.24, 2.45) is 10.9 Å². The number of fused-ring (bicyclic) bond motifs is 1. The van der Waals surface area contributed by atoms with E-state index in [1.807, 2.05) is 43.3 Å². The SMILES string of the molecule is CC[C@@H](Sc1ccc(N=Cc2cccnc2Cl)cc1)C(=O)Nc1sc2c(c1C#N)CC[C@@H](C)C2. The third kappa shape index (κ3) is 5.69. The number of carbonyl (C=O) groups is 1. The zero-order chi connectivity index (χ0) is 24.1. The number of carbonyl (C=O) groups excluding carboxylic acids is 1. The van der Waals surface area contributed by atoms with Crippen LogP contribution in [0.1, 0.15) is 48.3 Å². The molecule has 2 atom stereocenters. The number of aromatic nitrogens is 1. The fourth-order valence-corrected chi connectivity index (χ4v) is 6.37. The molecule has 0 aliphatic heterocycles. The molecule has 1 N–H and O–H groups in total. The lowest BCUT2D eigenvalue weighted by Gasteiger charge is -2.17. The normalized spacial score (nSPS) is 16.1. The minimum absolute atomic E-state index is 0.0658. The van der Waals surface area contributed by atoms with Crippen LogP contribution in [0.25, 0.3) is 0 Å². The van der Waals surface area contributed by atoms with E-state index in [0.717, 1.165) is 41.0 Å². The topological polar surface area (TPSA) is 78.1 Å². The van der Waals surface area contributed by atoms with Gasteiger partial charge < -0.3 is 5.32 Å². The summed E-state index contributed by atoms with van der Waals surface area (Å²) in [6, 6.07) is 13.7. The van der Waals surface area contributed by atoms with Crippen molar-refractivity contribution in [2.45, 2.75) is 49.7 Å². The molecule has 1 aliphatic rings. The van der Waals surface area contributed by atoms with E-state index >= 15 is 0 Å². The molecule has 2 aromatic heterocycles. The molecule has 0 bridgehead atoms. The van der Waals surface area contributed by atoms with Crippen LogP contribution in [0.4, 0.5) is 10.7 Å². The first-order valence-corrected chi connectivity index (χ1v) is 13.3. The van der Waals surface area contributed by atoms with Crippen LogP contribution in [0.2, 0.25) is 5.15 Å². The van der Waals surface area contributed by atoms with Gasteiger partial charge in [0.25, 0.3) is 0 Å². The van der Waals surface area contributed by atoms with Crippen LogP contribution in [0.3, 0.4) is 0 Å². The van der Waals surface area contributed by atoms with Crippen LogP contribution < -0.4 is 5.32 Å². The van der Waals surface area contributed by atoms with Gasteiger partial charge in [0, 0.05) is 27.7 Å². The summed E-state index contributed by atoms with van der Waals surface area (Å²) in [4.78, 5) is 23.8. The number of aliphatic imine (C=N–C) groups is 1. The number of nitriles is 1. The number of halogens is 1. The lowest BCUT2D eigenvalue weighted by Crippen LogP contribution is -2.24. The molecule has 0 fully saturated rings. The van der Waals surface area contributed by atoms with Gasteiger partial charge in [-0.15, -0.1) is 23.1 Å². The second-order valence-corrected chi connectivity index (χ2v) is 11.0. The summed E-state index contributed by atoms with van der Waals surface area (Å²) in [6.45, 7) is 4.24. The minimum Gasteiger partial charge on any atom is -0.316 e. The maximum atomic E-state index is 13.1. The summed E-state index contributed by atoms with van der Waals surface area (Å²) in [5, 5.41) is 13.6. The second kappa shape index (κ2) is 11.2. The molecule has 4 rings (SSSR count). The van der Waals surface area contributed by atoms with Crippen molar-refractivity contribution >= 4 is 57.5 Å². The molecule has 1 aromatic carbocycles. The van der Waals surface area contributed by atoms with Crippen molar-refractivity contribution in [3.05, 3.63) is 69.3 Å². The molecule has 1 amide bonds. The Bertz CT molecular complexity index is 1250. The number of thioether (sulfide) groups is 1. The van der Waals surface area contributed by atoms with E-state index < -0.39 is 0 Å². The second-order valence-electron chi connectivity index (χ2n) is 8.31. The average molecular weight is 509 g/mol. The quantitative estimate of drug-likeness (QED) is 0.210. The number of rotatable bonds is 7. The van der Waals surface area contributed by atoms with Crippen LogP contribution in [-0.4, -0.2) is 22.4 Å². The highest BCUT2D eigenvalue weighted by Crippen LogP contribution is 2.39. The number of nitrogens with one attached hydrogen (secondary N) is 1. The first kappa shape index (κ1) is 24.5. The van der Waals surface area contributed by atoms with Crippen molar-refractivity contribution < 1.29 is 4.79 Å². The number of benzene rings is 1. The van der Waals surface area contributed by atoms with Gasteiger partial charge in [-0.1, -0.05) is 25.4 Å². The van der Waals surface area contributed by atoms with E-state index in [4.69, 9.17) is 11.6 Å². The Labute approximate surface area is 213 Å². The summed E-state index contributed by atoms with van der Waals surface area (Å²) in [5.41, 5.74) is 3.33. The Hall–Kier alpha value is -2.66. The predicted molar refractivity (Wildman–Crippen MR) is 142 cm³/mol. The summed E-state index contributed by atoms with van der Waals surface area (Å²) in [7, 11) is 0. The molecule has 5 nitrogen and oxygen atoms in total. The number of hydrogen-bond acceptors (Lipinski definition) is 6. The molecule has 0 saturated carbocycles. The lowest BCUT2D eigenvalue weighted by molar-refractivity contribution is -0.115. The molecule has 34 heavy (non-hydrogen) atoms. The number of anilines is 1. The number of nitrogens with zero attached hydrogens (tertiary/aromatic N) is 3. The van der Waals surface area contributed by atoms with Crippen molar-refractivity contribution in [2.75, 3.05) is 5.32 Å². The Morgan fingerprint density at radius 2 is 2.21 bits per heavy atom. The first-order valence-electron chi connectivity index (χ1n) is 11.2. The number of thiophene rings is 1. The molecule has 8 heteroatoms.